The van der Waals surface area contributed by atoms with Crippen molar-refractivity contribution in [1.82, 2.24) is 9.29 Å². The van der Waals surface area contributed by atoms with Gasteiger partial charge in [-0.2, -0.15) is 4.31 Å². The maximum atomic E-state index is 14.0. The molecule has 0 spiro atoms. The van der Waals surface area contributed by atoms with Gasteiger partial charge in [-0.15, -0.1) is 0 Å². The maximum Gasteiger partial charge on any atom is 0.243 e. The number of aromatic nitrogens is 1. The van der Waals surface area contributed by atoms with Gasteiger partial charge in [-0.3, -0.25) is 0 Å². The third-order valence-electron chi connectivity index (χ3n) is 7.10. The summed E-state index contributed by atoms with van der Waals surface area (Å²) < 4.78 is 60.0. The normalized spacial score (nSPS) is 15.8. The predicted molar refractivity (Wildman–Crippen MR) is 144 cm³/mol. The lowest BCUT2D eigenvalue weighted by atomic mass is 9.90. The first-order valence-electron chi connectivity index (χ1n) is 12.6. The summed E-state index contributed by atoms with van der Waals surface area (Å²) in [7, 11) is -0.743. The van der Waals surface area contributed by atoms with Gasteiger partial charge in [-0.25, -0.2) is 12.8 Å². The van der Waals surface area contributed by atoms with E-state index in [0.717, 1.165) is 39.4 Å². The van der Waals surface area contributed by atoms with Crippen LogP contribution in [0.3, 0.4) is 0 Å². The molecule has 0 bridgehead atoms. The molecule has 1 N–H and O–H groups in total. The van der Waals surface area contributed by atoms with Crippen molar-refractivity contribution in [3.63, 3.8) is 0 Å². The monoisotopic (exact) mass is 538 g/mol. The minimum absolute atomic E-state index is 0.0543. The Morgan fingerprint density at radius 3 is 2.63 bits per heavy atom. The number of hydrogen-bond acceptors (Lipinski definition) is 5. The Hall–Kier alpha value is -3.56. The zero-order valence-electron chi connectivity index (χ0n) is 21.7. The smallest absolute Gasteiger partial charge is 0.243 e. The van der Waals surface area contributed by atoms with E-state index >= 15 is 0 Å². The number of ether oxygens (including phenoxy) is 3. The Labute approximate surface area is 222 Å². The van der Waals surface area contributed by atoms with Crippen LogP contribution in [-0.2, 0) is 22.9 Å². The van der Waals surface area contributed by atoms with Crippen LogP contribution >= 0.6 is 0 Å². The van der Waals surface area contributed by atoms with Crippen molar-refractivity contribution >= 4 is 20.9 Å². The standard InChI is InChI=1S/C29H31FN2O5S/c1-4-37-29-17-25-19(14-28(29)36-3)12-13-32(38(33,34)23-7-5-6-21(30)15-23)27(25)11-8-20-18-31-26-10-9-22(35-2)16-24(20)26/h5-7,9-10,14-18,27,31H,4,8,11-13H2,1-3H3/t27-/m0/s1. The van der Waals surface area contributed by atoms with Crippen molar-refractivity contribution in [3.05, 3.63) is 83.3 Å². The van der Waals surface area contributed by atoms with E-state index in [1.165, 1.54) is 22.5 Å². The Morgan fingerprint density at radius 2 is 1.89 bits per heavy atom. The topological polar surface area (TPSA) is 80.9 Å². The minimum atomic E-state index is -3.97. The van der Waals surface area contributed by atoms with Crippen LogP contribution < -0.4 is 14.2 Å². The first kappa shape index (κ1) is 26.1. The van der Waals surface area contributed by atoms with Gasteiger partial charge < -0.3 is 19.2 Å². The number of benzene rings is 3. The van der Waals surface area contributed by atoms with E-state index in [4.69, 9.17) is 14.2 Å². The van der Waals surface area contributed by atoms with E-state index in [1.54, 1.807) is 14.2 Å². The number of sulfonamides is 1. The number of methoxy groups -OCH3 is 2. The quantitative estimate of drug-likeness (QED) is 0.298. The van der Waals surface area contributed by atoms with E-state index in [-0.39, 0.29) is 11.4 Å². The molecule has 3 aromatic carbocycles. The molecule has 0 fully saturated rings. The molecule has 0 saturated heterocycles. The molecule has 0 unspecified atom stereocenters. The van der Waals surface area contributed by atoms with Crippen LogP contribution in [-0.4, -0.2) is 45.1 Å². The van der Waals surface area contributed by atoms with Gasteiger partial charge in [-0.1, -0.05) is 6.07 Å². The molecular formula is C29H31FN2O5S. The zero-order valence-corrected chi connectivity index (χ0v) is 22.5. The van der Waals surface area contributed by atoms with Gasteiger partial charge in [-0.05, 0) is 91.4 Å². The average Bonchev–Trinajstić information content (AvgIpc) is 3.33. The fraction of sp³-hybridized carbons (Fsp3) is 0.310. The van der Waals surface area contributed by atoms with Crippen LogP contribution in [0.25, 0.3) is 10.9 Å². The number of nitrogens with zero attached hydrogens (tertiary/aromatic N) is 1. The molecule has 1 aromatic heterocycles. The highest BCUT2D eigenvalue weighted by Crippen LogP contribution is 2.42. The SMILES string of the molecule is CCOc1cc2c(cc1OC)CCN(S(=O)(=O)c1cccc(F)c1)[C@H]2CCc1c[nH]c2ccc(OC)cc12. The zero-order chi connectivity index (χ0) is 26.9. The van der Waals surface area contributed by atoms with Gasteiger partial charge in [0.25, 0.3) is 0 Å². The van der Waals surface area contributed by atoms with Crippen LogP contribution in [0.15, 0.2) is 65.7 Å². The van der Waals surface area contributed by atoms with Gasteiger partial charge in [0.2, 0.25) is 10.0 Å². The summed E-state index contributed by atoms with van der Waals surface area (Å²) in [4.78, 5) is 3.24. The van der Waals surface area contributed by atoms with E-state index in [9.17, 15) is 12.8 Å². The number of rotatable bonds is 9. The lowest BCUT2D eigenvalue weighted by molar-refractivity contribution is 0.284. The van der Waals surface area contributed by atoms with Gasteiger partial charge in [0.15, 0.2) is 11.5 Å². The van der Waals surface area contributed by atoms with E-state index < -0.39 is 21.9 Å². The number of hydrogen-bond donors (Lipinski definition) is 1. The number of nitrogens with one attached hydrogen (secondary N) is 1. The Morgan fingerprint density at radius 1 is 1.05 bits per heavy atom. The fourth-order valence-corrected chi connectivity index (χ4v) is 6.92. The second-order valence-electron chi connectivity index (χ2n) is 9.24. The molecule has 0 aliphatic carbocycles. The lowest BCUT2D eigenvalue weighted by Gasteiger charge is -2.37. The Kier molecular flexibility index (Phi) is 7.32. The summed E-state index contributed by atoms with van der Waals surface area (Å²) in [5.41, 5.74) is 3.93. The van der Waals surface area contributed by atoms with Crippen molar-refractivity contribution in [2.75, 3.05) is 27.4 Å². The van der Waals surface area contributed by atoms with Crippen molar-refractivity contribution in [2.24, 2.45) is 0 Å². The van der Waals surface area contributed by atoms with E-state index in [2.05, 4.69) is 4.98 Å². The van der Waals surface area contributed by atoms with Crippen molar-refractivity contribution in [1.29, 1.82) is 0 Å². The molecule has 0 saturated carbocycles. The first-order chi connectivity index (χ1) is 18.3. The molecule has 9 heteroatoms. The van der Waals surface area contributed by atoms with Crippen LogP contribution in [0.5, 0.6) is 17.2 Å². The summed E-state index contributed by atoms with van der Waals surface area (Å²) >= 11 is 0. The largest absolute Gasteiger partial charge is 0.497 e. The average molecular weight is 539 g/mol. The summed E-state index contributed by atoms with van der Waals surface area (Å²) in [6.45, 7) is 2.61. The van der Waals surface area contributed by atoms with Crippen LogP contribution in [0.4, 0.5) is 4.39 Å². The van der Waals surface area contributed by atoms with Gasteiger partial charge in [0.05, 0.1) is 31.8 Å². The minimum Gasteiger partial charge on any atom is -0.497 e. The predicted octanol–water partition coefficient (Wildman–Crippen LogP) is 5.64. The highest BCUT2D eigenvalue weighted by Gasteiger charge is 2.37. The number of halogens is 1. The summed E-state index contributed by atoms with van der Waals surface area (Å²) in [5.74, 6) is 1.36. The van der Waals surface area contributed by atoms with E-state index in [0.29, 0.717) is 37.4 Å². The number of aryl methyl sites for hydroxylation is 1. The number of aromatic amines is 1. The van der Waals surface area contributed by atoms with E-state index in [1.807, 2.05) is 43.5 Å². The molecular weight excluding hydrogens is 507 g/mol. The number of H-pyrrole nitrogens is 1. The molecule has 2 heterocycles. The second kappa shape index (κ2) is 10.7. The molecule has 0 radical (unpaired) electrons. The van der Waals surface area contributed by atoms with Gasteiger partial charge in [0.1, 0.15) is 11.6 Å². The van der Waals surface area contributed by atoms with Crippen LogP contribution in [0.1, 0.15) is 36.1 Å². The molecule has 5 rings (SSSR count). The lowest BCUT2D eigenvalue weighted by Crippen LogP contribution is -2.40. The second-order valence-corrected chi connectivity index (χ2v) is 11.1. The molecule has 1 atom stereocenters. The molecule has 1 aliphatic heterocycles. The maximum absolute atomic E-state index is 14.0. The summed E-state index contributed by atoms with van der Waals surface area (Å²) in [6.07, 6.45) is 3.60. The van der Waals surface area contributed by atoms with Gasteiger partial charge >= 0.3 is 0 Å². The number of fused-ring (bicyclic) bond motifs is 2. The van der Waals surface area contributed by atoms with Crippen molar-refractivity contribution in [2.45, 2.75) is 37.1 Å². The Bertz CT molecular complexity index is 1570. The third-order valence-corrected chi connectivity index (χ3v) is 9.00. The van der Waals surface area contributed by atoms with Crippen molar-refractivity contribution in [3.8, 4) is 17.2 Å². The molecule has 7 nitrogen and oxygen atoms in total. The van der Waals surface area contributed by atoms with Crippen LogP contribution in [0.2, 0.25) is 0 Å². The molecule has 4 aromatic rings. The molecule has 0 amide bonds. The molecule has 200 valence electrons. The third kappa shape index (κ3) is 4.83. The highest BCUT2D eigenvalue weighted by molar-refractivity contribution is 7.89. The first-order valence-corrected chi connectivity index (χ1v) is 14.0. The Balaban J connectivity index is 1.57. The summed E-state index contributed by atoms with van der Waals surface area (Å²) in [6, 6.07) is 14.4. The highest BCUT2D eigenvalue weighted by atomic mass is 32.2. The van der Waals surface area contributed by atoms with Crippen molar-refractivity contribution < 1.29 is 27.0 Å². The van der Waals surface area contributed by atoms with Crippen LogP contribution in [0, 0.1) is 5.82 Å². The summed E-state index contributed by atoms with van der Waals surface area (Å²) in [5, 5.41) is 1.03. The van der Waals surface area contributed by atoms with Gasteiger partial charge in [0, 0.05) is 23.6 Å². The molecule has 1 aliphatic rings. The fourth-order valence-electron chi connectivity index (χ4n) is 5.25. The molecule has 38 heavy (non-hydrogen) atoms.